The van der Waals surface area contributed by atoms with Crippen molar-refractivity contribution in [2.45, 2.75) is 39.0 Å². The van der Waals surface area contributed by atoms with Gasteiger partial charge in [-0.25, -0.2) is 4.98 Å². The van der Waals surface area contributed by atoms with E-state index in [0.717, 1.165) is 25.1 Å². The number of nitrogens with two attached hydrogens (primary N) is 1. The van der Waals surface area contributed by atoms with E-state index in [0.29, 0.717) is 16.6 Å². The molecule has 1 aromatic heterocycles. The van der Waals surface area contributed by atoms with Gasteiger partial charge in [-0.2, -0.15) is 0 Å². The molecule has 1 aromatic carbocycles. The van der Waals surface area contributed by atoms with Crippen LogP contribution in [-0.4, -0.2) is 48.1 Å². The van der Waals surface area contributed by atoms with Crippen LogP contribution < -0.4 is 11.1 Å². The molecule has 1 saturated heterocycles. The summed E-state index contributed by atoms with van der Waals surface area (Å²) in [5.74, 6) is -0.0138. The lowest BCUT2D eigenvalue weighted by Gasteiger charge is -2.21. The summed E-state index contributed by atoms with van der Waals surface area (Å²) >= 11 is 3.34. The third kappa shape index (κ3) is 4.90. The van der Waals surface area contributed by atoms with Gasteiger partial charge in [0.1, 0.15) is 5.82 Å². The van der Waals surface area contributed by atoms with Crippen LogP contribution in [0.15, 0.2) is 34.9 Å². The third-order valence-electron chi connectivity index (χ3n) is 5.15. The minimum Gasteiger partial charge on any atom is -0.383 e. The molecule has 0 saturated carbocycles. The normalized spacial score (nSPS) is 19.7. The summed E-state index contributed by atoms with van der Waals surface area (Å²) in [7, 11) is 2.03. The molecule has 0 radical (unpaired) electrons. The number of carbonyl (C=O) groups is 1. The highest BCUT2D eigenvalue weighted by atomic mass is 79.9. The third-order valence-corrected chi connectivity index (χ3v) is 5.59. The van der Waals surface area contributed by atoms with Gasteiger partial charge in [-0.1, -0.05) is 25.1 Å². The Morgan fingerprint density at radius 2 is 2.18 bits per heavy atom. The van der Waals surface area contributed by atoms with Crippen LogP contribution in [0.25, 0.3) is 0 Å². The fraction of sp³-hybridized carbons (Fsp3) is 0.429. The number of likely N-dealkylation sites (N-methyl/N-ethyl adjacent to an activating group) is 1. The second kappa shape index (κ2) is 9.03. The predicted molar refractivity (Wildman–Crippen MR) is 114 cm³/mol. The summed E-state index contributed by atoms with van der Waals surface area (Å²) < 4.78 is 6.91. The van der Waals surface area contributed by atoms with Crippen molar-refractivity contribution < 1.29 is 9.53 Å². The minimum atomic E-state index is -0.233. The first kappa shape index (κ1) is 20.8. The molecule has 3 N–H and O–H groups in total. The van der Waals surface area contributed by atoms with Gasteiger partial charge >= 0.3 is 0 Å². The molecule has 150 valence electrons. The molecular weight excluding hydrogens is 420 g/mol. The Morgan fingerprint density at radius 1 is 1.39 bits per heavy atom. The maximum atomic E-state index is 12.7. The summed E-state index contributed by atoms with van der Waals surface area (Å²) in [5, 5.41) is 3.07. The summed E-state index contributed by atoms with van der Waals surface area (Å²) in [6.45, 7) is 6.31. The molecule has 0 unspecified atom stereocenters. The first-order chi connectivity index (χ1) is 13.4. The van der Waals surface area contributed by atoms with Crippen LogP contribution in [0.1, 0.15) is 34.0 Å². The number of rotatable bonds is 6. The standard InChI is InChI=1S/C21H27BrN4O2/c1-4-15-7-14(6-5-13(15)2)12-28-19-11-26(3)10-18(19)25-21(27)17-8-16(22)9-24-20(17)23/h5-9,18-19H,4,10-12H2,1-3H3,(H2,23,24)(H,25,27)/t18-,19-/m0/s1. The Bertz CT molecular complexity index is 858. The Labute approximate surface area is 174 Å². The minimum absolute atomic E-state index is 0.0818. The molecule has 28 heavy (non-hydrogen) atoms. The maximum absolute atomic E-state index is 12.7. The number of nitrogen functional groups attached to an aromatic ring is 1. The monoisotopic (exact) mass is 446 g/mol. The molecular formula is C21H27BrN4O2. The first-order valence-electron chi connectivity index (χ1n) is 9.47. The van der Waals surface area contributed by atoms with Crippen molar-refractivity contribution >= 4 is 27.7 Å². The highest BCUT2D eigenvalue weighted by Gasteiger charge is 2.33. The van der Waals surface area contributed by atoms with E-state index in [4.69, 9.17) is 10.5 Å². The number of anilines is 1. The molecule has 7 heteroatoms. The number of nitrogens with zero attached hydrogens (tertiary/aromatic N) is 2. The zero-order valence-electron chi connectivity index (χ0n) is 16.5. The van der Waals surface area contributed by atoms with E-state index in [1.165, 1.54) is 11.1 Å². The largest absolute Gasteiger partial charge is 0.383 e. The van der Waals surface area contributed by atoms with Crippen molar-refractivity contribution in [2.24, 2.45) is 0 Å². The van der Waals surface area contributed by atoms with Crippen LogP contribution in [0, 0.1) is 6.92 Å². The van der Waals surface area contributed by atoms with E-state index in [9.17, 15) is 4.79 Å². The fourth-order valence-electron chi connectivity index (χ4n) is 3.55. The molecule has 1 aliphatic heterocycles. The predicted octanol–water partition coefficient (Wildman–Crippen LogP) is 2.93. The van der Waals surface area contributed by atoms with Gasteiger partial charge in [0, 0.05) is 23.8 Å². The molecule has 0 spiro atoms. The van der Waals surface area contributed by atoms with Crippen LogP contribution in [-0.2, 0) is 17.8 Å². The molecule has 0 bridgehead atoms. The molecule has 1 aliphatic rings. The SMILES string of the molecule is CCc1cc(CO[C@H]2CN(C)C[C@@H]2NC(=O)c2cc(Br)cnc2N)ccc1C. The summed E-state index contributed by atoms with van der Waals surface area (Å²) in [6, 6.07) is 8.03. The Morgan fingerprint density at radius 3 is 2.93 bits per heavy atom. The number of pyridine rings is 1. The van der Waals surface area contributed by atoms with E-state index in [2.05, 4.69) is 63.2 Å². The zero-order valence-corrected chi connectivity index (χ0v) is 18.1. The van der Waals surface area contributed by atoms with Crippen LogP contribution in [0.3, 0.4) is 0 Å². The lowest BCUT2D eigenvalue weighted by molar-refractivity contribution is 0.0323. The molecule has 0 aliphatic carbocycles. The maximum Gasteiger partial charge on any atom is 0.255 e. The number of hydrogen-bond acceptors (Lipinski definition) is 5. The number of ether oxygens (including phenoxy) is 1. The average Bonchev–Trinajstić information content (AvgIpc) is 3.02. The van der Waals surface area contributed by atoms with E-state index < -0.39 is 0 Å². The van der Waals surface area contributed by atoms with Gasteiger partial charge in [0.05, 0.1) is 24.3 Å². The van der Waals surface area contributed by atoms with E-state index >= 15 is 0 Å². The number of aryl methyl sites for hydroxylation is 2. The number of likely N-dealkylation sites (tertiary alicyclic amines) is 1. The number of hydrogen-bond donors (Lipinski definition) is 2. The van der Waals surface area contributed by atoms with Gasteiger partial charge in [0.25, 0.3) is 5.91 Å². The molecule has 3 rings (SSSR count). The van der Waals surface area contributed by atoms with Crippen LogP contribution in [0.2, 0.25) is 0 Å². The van der Waals surface area contributed by atoms with E-state index in [1.54, 1.807) is 12.3 Å². The van der Waals surface area contributed by atoms with Crippen LogP contribution in [0.4, 0.5) is 5.82 Å². The van der Waals surface area contributed by atoms with Crippen LogP contribution in [0.5, 0.6) is 0 Å². The van der Waals surface area contributed by atoms with Crippen molar-refractivity contribution in [3.63, 3.8) is 0 Å². The van der Waals surface area contributed by atoms with Gasteiger partial charge in [0.2, 0.25) is 0 Å². The van der Waals surface area contributed by atoms with Crippen molar-refractivity contribution in [1.82, 2.24) is 15.2 Å². The lowest BCUT2D eigenvalue weighted by atomic mass is 10.0. The fourth-order valence-corrected chi connectivity index (χ4v) is 3.88. The molecule has 2 heterocycles. The number of aromatic nitrogens is 1. The van der Waals surface area contributed by atoms with Crippen molar-refractivity contribution in [2.75, 3.05) is 25.9 Å². The average molecular weight is 447 g/mol. The second-order valence-electron chi connectivity index (χ2n) is 7.35. The molecule has 2 atom stereocenters. The summed E-state index contributed by atoms with van der Waals surface area (Å²) in [5.41, 5.74) is 10.0. The smallest absolute Gasteiger partial charge is 0.255 e. The Balaban J connectivity index is 1.66. The molecule has 6 nitrogen and oxygen atoms in total. The van der Waals surface area contributed by atoms with Gasteiger partial charge < -0.3 is 20.7 Å². The first-order valence-corrected chi connectivity index (χ1v) is 10.3. The number of benzene rings is 1. The van der Waals surface area contributed by atoms with Gasteiger partial charge in [-0.05, 0) is 59.1 Å². The summed E-state index contributed by atoms with van der Waals surface area (Å²) in [4.78, 5) is 18.9. The number of halogens is 1. The number of amides is 1. The van der Waals surface area contributed by atoms with Gasteiger partial charge in [0.15, 0.2) is 0 Å². The second-order valence-corrected chi connectivity index (χ2v) is 8.27. The number of nitrogens with one attached hydrogen (secondary N) is 1. The van der Waals surface area contributed by atoms with Crippen molar-refractivity contribution in [3.05, 3.63) is 57.2 Å². The molecule has 2 aromatic rings. The van der Waals surface area contributed by atoms with E-state index in [-0.39, 0.29) is 23.9 Å². The van der Waals surface area contributed by atoms with E-state index in [1.807, 2.05) is 7.05 Å². The van der Waals surface area contributed by atoms with Gasteiger partial charge in [-0.15, -0.1) is 0 Å². The zero-order chi connectivity index (χ0) is 20.3. The Kier molecular flexibility index (Phi) is 6.69. The van der Waals surface area contributed by atoms with Crippen molar-refractivity contribution in [1.29, 1.82) is 0 Å². The quantitative estimate of drug-likeness (QED) is 0.712. The Hall–Kier alpha value is -1.96. The van der Waals surface area contributed by atoms with Crippen molar-refractivity contribution in [3.8, 4) is 0 Å². The lowest BCUT2D eigenvalue weighted by Crippen LogP contribution is -2.44. The summed E-state index contributed by atoms with van der Waals surface area (Å²) in [6.07, 6.45) is 2.50. The van der Waals surface area contributed by atoms with Gasteiger partial charge in [-0.3, -0.25) is 4.79 Å². The molecule has 1 fully saturated rings. The highest BCUT2D eigenvalue weighted by Crippen LogP contribution is 2.19. The topological polar surface area (TPSA) is 80.5 Å². The highest BCUT2D eigenvalue weighted by molar-refractivity contribution is 9.10. The number of carbonyl (C=O) groups excluding carboxylic acids is 1. The molecule has 1 amide bonds. The van der Waals surface area contributed by atoms with Crippen LogP contribution >= 0.6 is 15.9 Å².